The molecule has 0 bridgehead atoms. The Morgan fingerprint density at radius 1 is 1.58 bits per heavy atom. The standard InChI is InChI=1S/C12H18N4O3/c1-9-11(16(18)19)8-13-15(9)7-6-12(17)14-10-4-2-3-5-10/h8,10H,2-7H2,1H3,(H,14,17). The van der Waals surface area contributed by atoms with Gasteiger partial charge in [-0.3, -0.25) is 19.6 Å². The van der Waals surface area contributed by atoms with Gasteiger partial charge in [-0.1, -0.05) is 12.8 Å². The zero-order valence-electron chi connectivity index (χ0n) is 11.0. The Bertz CT molecular complexity index is 477. The van der Waals surface area contributed by atoms with Crippen molar-refractivity contribution in [2.24, 2.45) is 0 Å². The summed E-state index contributed by atoms with van der Waals surface area (Å²) < 4.78 is 1.51. The molecule has 0 unspecified atom stereocenters. The summed E-state index contributed by atoms with van der Waals surface area (Å²) in [6, 6.07) is 0.306. The molecule has 7 heteroatoms. The number of aryl methyl sites for hydroxylation is 1. The first-order chi connectivity index (χ1) is 9.08. The van der Waals surface area contributed by atoms with Gasteiger partial charge in [0.15, 0.2) is 0 Å². The normalized spacial score (nSPS) is 15.6. The molecule has 0 spiro atoms. The first-order valence-corrected chi connectivity index (χ1v) is 6.54. The molecule has 1 aromatic heterocycles. The van der Waals surface area contributed by atoms with E-state index in [4.69, 9.17) is 0 Å². The minimum atomic E-state index is -0.461. The van der Waals surface area contributed by atoms with Crippen molar-refractivity contribution in [2.45, 2.75) is 51.6 Å². The van der Waals surface area contributed by atoms with Crippen LogP contribution in [-0.2, 0) is 11.3 Å². The second-order valence-corrected chi connectivity index (χ2v) is 4.89. The molecule has 1 amide bonds. The zero-order valence-corrected chi connectivity index (χ0v) is 11.0. The summed E-state index contributed by atoms with van der Waals surface area (Å²) in [5.41, 5.74) is 0.481. The van der Waals surface area contributed by atoms with E-state index >= 15 is 0 Å². The third-order valence-electron chi connectivity index (χ3n) is 3.54. The van der Waals surface area contributed by atoms with E-state index in [9.17, 15) is 14.9 Å². The average Bonchev–Trinajstić information content (AvgIpc) is 2.96. The third kappa shape index (κ3) is 3.30. The van der Waals surface area contributed by atoms with Crippen molar-refractivity contribution in [2.75, 3.05) is 0 Å². The fraction of sp³-hybridized carbons (Fsp3) is 0.667. The van der Waals surface area contributed by atoms with E-state index in [0.29, 0.717) is 24.7 Å². The lowest BCUT2D eigenvalue weighted by molar-refractivity contribution is -0.385. The van der Waals surface area contributed by atoms with Gasteiger partial charge in [-0.15, -0.1) is 0 Å². The van der Waals surface area contributed by atoms with Crippen LogP contribution in [-0.4, -0.2) is 26.7 Å². The van der Waals surface area contributed by atoms with Crippen LogP contribution in [0.5, 0.6) is 0 Å². The van der Waals surface area contributed by atoms with Crippen molar-refractivity contribution in [1.29, 1.82) is 0 Å². The first kappa shape index (κ1) is 13.5. The largest absolute Gasteiger partial charge is 0.353 e. The van der Waals surface area contributed by atoms with E-state index in [0.717, 1.165) is 12.8 Å². The number of carbonyl (C=O) groups excluding carboxylic acids is 1. The van der Waals surface area contributed by atoms with Crippen molar-refractivity contribution < 1.29 is 9.72 Å². The molecule has 19 heavy (non-hydrogen) atoms. The van der Waals surface area contributed by atoms with Crippen LogP contribution in [0.1, 0.15) is 37.8 Å². The van der Waals surface area contributed by atoms with Crippen LogP contribution in [0, 0.1) is 17.0 Å². The van der Waals surface area contributed by atoms with Gasteiger partial charge >= 0.3 is 5.69 Å². The fourth-order valence-corrected chi connectivity index (χ4v) is 2.42. The first-order valence-electron chi connectivity index (χ1n) is 6.54. The quantitative estimate of drug-likeness (QED) is 0.646. The van der Waals surface area contributed by atoms with Crippen LogP contribution in [0.15, 0.2) is 6.20 Å². The lowest BCUT2D eigenvalue weighted by Gasteiger charge is -2.11. The van der Waals surface area contributed by atoms with Gasteiger partial charge in [0, 0.05) is 12.5 Å². The van der Waals surface area contributed by atoms with E-state index < -0.39 is 4.92 Å². The van der Waals surface area contributed by atoms with Crippen LogP contribution in [0.25, 0.3) is 0 Å². The summed E-state index contributed by atoms with van der Waals surface area (Å²) in [5.74, 6) is -0.00977. The van der Waals surface area contributed by atoms with Gasteiger partial charge in [-0.05, 0) is 19.8 Å². The second kappa shape index (κ2) is 5.81. The Morgan fingerprint density at radius 2 is 2.26 bits per heavy atom. The fourth-order valence-electron chi connectivity index (χ4n) is 2.42. The number of carbonyl (C=O) groups is 1. The van der Waals surface area contributed by atoms with Crippen molar-refractivity contribution in [1.82, 2.24) is 15.1 Å². The van der Waals surface area contributed by atoms with Crippen molar-refractivity contribution >= 4 is 11.6 Å². The summed E-state index contributed by atoms with van der Waals surface area (Å²) in [7, 11) is 0. The van der Waals surface area contributed by atoms with E-state index in [1.54, 1.807) is 6.92 Å². The van der Waals surface area contributed by atoms with Gasteiger partial charge in [0.2, 0.25) is 5.91 Å². The van der Waals surface area contributed by atoms with Crippen LogP contribution < -0.4 is 5.32 Å². The molecule has 1 aliphatic carbocycles. The monoisotopic (exact) mass is 266 g/mol. The molecule has 1 aromatic rings. The number of hydrogen-bond acceptors (Lipinski definition) is 4. The number of nitrogens with one attached hydrogen (secondary N) is 1. The van der Waals surface area contributed by atoms with E-state index in [1.165, 1.54) is 23.7 Å². The van der Waals surface area contributed by atoms with Crippen LogP contribution >= 0.6 is 0 Å². The van der Waals surface area contributed by atoms with Gasteiger partial charge in [0.05, 0.1) is 11.5 Å². The number of nitrogens with zero attached hydrogens (tertiary/aromatic N) is 3. The Kier molecular flexibility index (Phi) is 4.13. The molecular formula is C12H18N4O3. The Morgan fingerprint density at radius 3 is 2.84 bits per heavy atom. The van der Waals surface area contributed by atoms with Gasteiger partial charge in [0.25, 0.3) is 0 Å². The second-order valence-electron chi connectivity index (χ2n) is 4.89. The smallest absolute Gasteiger partial charge is 0.309 e. The Labute approximate surface area is 111 Å². The van der Waals surface area contributed by atoms with Crippen molar-refractivity contribution in [3.8, 4) is 0 Å². The minimum Gasteiger partial charge on any atom is -0.353 e. The molecule has 104 valence electrons. The van der Waals surface area contributed by atoms with Gasteiger partial charge in [-0.2, -0.15) is 5.10 Å². The highest BCUT2D eigenvalue weighted by Gasteiger charge is 2.19. The predicted molar refractivity (Wildman–Crippen MR) is 68.6 cm³/mol. The lowest BCUT2D eigenvalue weighted by atomic mass is 10.2. The molecule has 1 aliphatic rings. The summed E-state index contributed by atoms with van der Waals surface area (Å²) in [5, 5.41) is 17.6. The summed E-state index contributed by atoms with van der Waals surface area (Å²) >= 11 is 0. The molecule has 1 heterocycles. The summed E-state index contributed by atoms with van der Waals surface area (Å²) in [6.07, 6.45) is 5.99. The number of rotatable bonds is 5. The highest BCUT2D eigenvalue weighted by molar-refractivity contribution is 5.76. The molecular weight excluding hydrogens is 248 g/mol. The molecule has 1 N–H and O–H groups in total. The highest BCUT2D eigenvalue weighted by Crippen LogP contribution is 2.18. The van der Waals surface area contributed by atoms with Crippen LogP contribution in [0.4, 0.5) is 5.69 Å². The Balaban J connectivity index is 1.84. The highest BCUT2D eigenvalue weighted by atomic mass is 16.6. The molecule has 1 fully saturated rings. The molecule has 1 saturated carbocycles. The lowest BCUT2D eigenvalue weighted by Crippen LogP contribution is -2.33. The SMILES string of the molecule is Cc1c([N+](=O)[O-])cnn1CCC(=O)NC1CCCC1. The molecule has 0 aliphatic heterocycles. The summed E-state index contributed by atoms with van der Waals surface area (Å²) in [6.45, 7) is 2.01. The van der Waals surface area contributed by atoms with Gasteiger partial charge in [-0.25, -0.2) is 0 Å². The van der Waals surface area contributed by atoms with Gasteiger partial charge < -0.3 is 5.32 Å². The molecule has 0 atom stereocenters. The zero-order chi connectivity index (χ0) is 13.8. The average molecular weight is 266 g/mol. The van der Waals surface area contributed by atoms with Crippen LogP contribution in [0.3, 0.4) is 0 Å². The van der Waals surface area contributed by atoms with E-state index in [2.05, 4.69) is 10.4 Å². The summed E-state index contributed by atoms with van der Waals surface area (Å²) in [4.78, 5) is 22.0. The molecule has 0 radical (unpaired) electrons. The number of hydrogen-bond donors (Lipinski definition) is 1. The maximum atomic E-state index is 11.7. The third-order valence-corrected chi connectivity index (χ3v) is 3.54. The van der Waals surface area contributed by atoms with Crippen LogP contribution in [0.2, 0.25) is 0 Å². The molecule has 0 saturated heterocycles. The van der Waals surface area contributed by atoms with Crippen molar-refractivity contribution in [3.63, 3.8) is 0 Å². The number of aromatic nitrogens is 2. The molecule has 0 aromatic carbocycles. The van der Waals surface area contributed by atoms with Crippen molar-refractivity contribution in [3.05, 3.63) is 22.0 Å². The maximum Gasteiger partial charge on any atom is 0.309 e. The number of amides is 1. The predicted octanol–water partition coefficient (Wildman–Crippen LogP) is 1.55. The topological polar surface area (TPSA) is 90.1 Å². The maximum absolute atomic E-state index is 11.7. The molecule has 7 nitrogen and oxygen atoms in total. The van der Waals surface area contributed by atoms with Gasteiger partial charge in [0.1, 0.15) is 11.9 Å². The minimum absolute atomic E-state index is 0.00352. The van der Waals surface area contributed by atoms with E-state index in [-0.39, 0.29) is 11.6 Å². The number of nitro groups is 1. The van der Waals surface area contributed by atoms with E-state index in [1.807, 2.05) is 0 Å². The Hall–Kier alpha value is -1.92. The molecule has 2 rings (SSSR count).